The molecule has 3 N–H and O–H groups in total. The van der Waals surface area contributed by atoms with Crippen molar-refractivity contribution in [3.8, 4) is 5.88 Å². The van der Waals surface area contributed by atoms with Gasteiger partial charge in [-0.15, -0.1) is 0 Å². The fraction of sp³-hybridized carbons (Fsp3) is 0.625. The zero-order chi connectivity index (χ0) is 14.7. The van der Waals surface area contributed by atoms with E-state index in [1.165, 1.54) is 19.3 Å². The molecule has 0 radical (unpaired) electrons. The molecule has 110 valence electrons. The Kier molecular flexibility index (Phi) is 4.63. The molecular weight excluding hydrogens is 250 g/mol. The third kappa shape index (κ3) is 3.30. The van der Waals surface area contributed by atoms with Crippen molar-refractivity contribution in [3.05, 3.63) is 22.9 Å². The Morgan fingerprint density at radius 2 is 2.20 bits per heavy atom. The number of rotatable bonds is 4. The van der Waals surface area contributed by atoms with Crippen molar-refractivity contribution in [1.82, 2.24) is 4.98 Å². The summed E-state index contributed by atoms with van der Waals surface area (Å²) in [4.78, 5) is 4.46. The van der Waals surface area contributed by atoms with Crippen LogP contribution in [0.4, 0.5) is 0 Å². The lowest BCUT2D eigenvalue weighted by atomic mass is 9.85. The zero-order valence-corrected chi connectivity index (χ0v) is 12.7. The summed E-state index contributed by atoms with van der Waals surface area (Å²) in [5, 5.41) is 7.74. The van der Waals surface area contributed by atoms with E-state index in [9.17, 15) is 0 Å². The highest BCUT2D eigenvalue weighted by atomic mass is 16.5. The van der Waals surface area contributed by atoms with Gasteiger partial charge in [-0.1, -0.05) is 19.8 Å². The summed E-state index contributed by atoms with van der Waals surface area (Å²) in [7, 11) is 0. The average molecular weight is 275 g/mol. The smallest absolute Gasteiger partial charge is 0.225 e. The van der Waals surface area contributed by atoms with Gasteiger partial charge in [0.25, 0.3) is 0 Å². The van der Waals surface area contributed by atoms with Crippen LogP contribution in [0, 0.1) is 25.2 Å². The van der Waals surface area contributed by atoms with Crippen LogP contribution in [0.3, 0.4) is 0 Å². The molecule has 0 amide bonds. The summed E-state index contributed by atoms with van der Waals surface area (Å²) in [6.45, 7) is 6.14. The lowest BCUT2D eigenvalue weighted by Crippen LogP contribution is -2.27. The standard InChI is InChI=1S/C16H25N3O/c1-4-12-6-5-7-13(9-12)20-16-14(15(17)18)10(2)8-11(3)19-16/h8,12-13H,4-7,9H2,1-3H3,(H3,17,18). The predicted molar refractivity (Wildman–Crippen MR) is 81.4 cm³/mol. The highest BCUT2D eigenvalue weighted by molar-refractivity contribution is 5.98. The monoisotopic (exact) mass is 275 g/mol. The van der Waals surface area contributed by atoms with Gasteiger partial charge in [0.15, 0.2) is 0 Å². The van der Waals surface area contributed by atoms with E-state index in [0.717, 1.165) is 30.0 Å². The minimum Gasteiger partial charge on any atom is -0.474 e. The normalized spacial score (nSPS) is 22.6. The Labute approximate surface area is 121 Å². The van der Waals surface area contributed by atoms with Crippen LogP contribution < -0.4 is 10.5 Å². The summed E-state index contributed by atoms with van der Waals surface area (Å²) in [6.07, 6.45) is 6.09. The molecule has 1 aromatic rings. The number of nitrogens with two attached hydrogens (primary N) is 1. The van der Waals surface area contributed by atoms with Crippen LogP contribution in [-0.4, -0.2) is 16.9 Å². The highest BCUT2D eigenvalue weighted by Crippen LogP contribution is 2.30. The van der Waals surface area contributed by atoms with Gasteiger partial charge in [0.05, 0.1) is 5.56 Å². The first kappa shape index (κ1) is 14.8. The maximum absolute atomic E-state index is 7.74. The topological polar surface area (TPSA) is 72.0 Å². The number of amidine groups is 1. The van der Waals surface area contributed by atoms with E-state index < -0.39 is 0 Å². The van der Waals surface area contributed by atoms with E-state index in [0.29, 0.717) is 11.4 Å². The van der Waals surface area contributed by atoms with Crippen molar-refractivity contribution < 1.29 is 4.74 Å². The minimum absolute atomic E-state index is 0.0350. The second-order valence-corrected chi connectivity index (χ2v) is 5.86. The second kappa shape index (κ2) is 6.25. The number of pyridine rings is 1. The third-order valence-corrected chi connectivity index (χ3v) is 4.17. The van der Waals surface area contributed by atoms with Gasteiger partial charge in [0.2, 0.25) is 5.88 Å². The molecule has 0 saturated heterocycles. The number of aromatic nitrogens is 1. The quantitative estimate of drug-likeness (QED) is 0.654. The van der Waals surface area contributed by atoms with Crippen LogP contribution in [0.2, 0.25) is 0 Å². The summed E-state index contributed by atoms with van der Waals surface area (Å²) < 4.78 is 6.11. The first-order valence-corrected chi connectivity index (χ1v) is 7.50. The molecule has 1 heterocycles. The molecule has 0 aromatic carbocycles. The molecular formula is C16H25N3O. The lowest BCUT2D eigenvalue weighted by Gasteiger charge is -2.29. The summed E-state index contributed by atoms with van der Waals surface area (Å²) in [5.74, 6) is 1.32. The van der Waals surface area contributed by atoms with Crippen LogP contribution in [0.25, 0.3) is 0 Å². The maximum atomic E-state index is 7.74. The second-order valence-electron chi connectivity index (χ2n) is 5.86. The summed E-state index contributed by atoms with van der Waals surface area (Å²) >= 11 is 0. The molecule has 2 unspecified atom stereocenters. The van der Waals surface area contributed by atoms with Gasteiger partial charge < -0.3 is 10.5 Å². The molecule has 0 bridgehead atoms. The van der Waals surface area contributed by atoms with Crippen LogP contribution in [0.5, 0.6) is 5.88 Å². The lowest BCUT2D eigenvalue weighted by molar-refractivity contribution is 0.116. The van der Waals surface area contributed by atoms with E-state index in [2.05, 4.69) is 11.9 Å². The largest absolute Gasteiger partial charge is 0.474 e. The predicted octanol–water partition coefficient (Wildman–Crippen LogP) is 3.33. The molecule has 1 aliphatic rings. The van der Waals surface area contributed by atoms with E-state index in [4.69, 9.17) is 15.9 Å². The SMILES string of the molecule is CCC1CCCC(Oc2nc(C)cc(C)c2C(=N)N)C1. The van der Waals surface area contributed by atoms with Gasteiger partial charge in [-0.25, -0.2) is 4.98 Å². The molecule has 2 atom stereocenters. The Bertz CT molecular complexity index is 499. The Morgan fingerprint density at radius 3 is 2.85 bits per heavy atom. The number of ether oxygens (including phenoxy) is 1. The van der Waals surface area contributed by atoms with Crippen LogP contribution in [0.15, 0.2) is 6.07 Å². The molecule has 4 heteroatoms. The van der Waals surface area contributed by atoms with E-state index in [-0.39, 0.29) is 11.9 Å². The number of nitrogens with one attached hydrogen (secondary N) is 1. The number of aryl methyl sites for hydroxylation is 2. The van der Waals surface area contributed by atoms with Crippen molar-refractivity contribution >= 4 is 5.84 Å². The molecule has 0 aliphatic heterocycles. The van der Waals surface area contributed by atoms with Crippen LogP contribution in [0.1, 0.15) is 55.8 Å². The van der Waals surface area contributed by atoms with Crippen molar-refractivity contribution in [2.75, 3.05) is 0 Å². The fourth-order valence-electron chi connectivity index (χ4n) is 3.09. The van der Waals surface area contributed by atoms with Gasteiger partial charge in [-0.3, -0.25) is 5.41 Å². The Hall–Kier alpha value is -1.58. The molecule has 4 nitrogen and oxygen atoms in total. The molecule has 1 aromatic heterocycles. The van der Waals surface area contributed by atoms with Gasteiger partial charge >= 0.3 is 0 Å². The van der Waals surface area contributed by atoms with Crippen molar-refractivity contribution in [3.63, 3.8) is 0 Å². The van der Waals surface area contributed by atoms with E-state index in [1.54, 1.807) is 0 Å². The van der Waals surface area contributed by atoms with Crippen molar-refractivity contribution in [2.45, 2.75) is 59.0 Å². The number of nitrogens with zero attached hydrogens (tertiary/aromatic N) is 1. The minimum atomic E-state index is 0.0350. The van der Waals surface area contributed by atoms with Crippen molar-refractivity contribution in [2.24, 2.45) is 11.7 Å². The molecule has 1 fully saturated rings. The Balaban J connectivity index is 2.22. The third-order valence-electron chi connectivity index (χ3n) is 4.17. The van der Waals surface area contributed by atoms with E-state index in [1.807, 2.05) is 19.9 Å². The van der Waals surface area contributed by atoms with Crippen LogP contribution >= 0.6 is 0 Å². The summed E-state index contributed by atoms with van der Waals surface area (Å²) in [6, 6.07) is 1.94. The zero-order valence-electron chi connectivity index (χ0n) is 12.7. The number of nitrogen functional groups attached to an aromatic ring is 1. The highest BCUT2D eigenvalue weighted by Gasteiger charge is 2.24. The first-order chi connectivity index (χ1) is 9.51. The fourth-order valence-corrected chi connectivity index (χ4v) is 3.09. The number of hydrogen-bond donors (Lipinski definition) is 2. The van der Waals surface area contributed by atoms with Crippen LogP contribution in [-0.2, 0) is 0 Å². The van der Waals surface area contributed by atoms with Gasteiger partial charge in [0, 0.05) is 5.69 Å². The molecule has 2 rings (SSSR count). The van der Waals surface area contributed by atoms with Crippen molar-refractivity contribution in [1.29, 1.82) is 5.41 Å². The summed E-state index contributed by atoms with van der Waals surface area (Å²) in [5.41, 5.74) is 8.20. The molecule has 0 spiro atoms. The molecule has 20 heavy (non-hydrogen) atoms. The van der Waals surface area contributed by atoms with Gasteiger partial charge in [-0.05, 0) is 50.7 Å². The molecule has 1 aliphatic carbocycles. The maximum Gasteiger partial charge on any atom is 0.225 e. The number of hydrogen-bond acceptors (Lipinski definition) is 3. The average Bonchev–Trinajstić information content (AvgIpc) is 2.37. The molecule has 1 saturated carbocycles. The van der Waals surface area contributed by atoms with Gasteiger partial charge in [0.1, 0.15) is 11.9 Å². The Morgan fingerprint density at radius 1 is 1.45 bits per heavy atom. The van der Waals surface area contributed by atoms with Gasteiger partial charge in [-0.2, -0.15) is 0 Å². The van der Waals surface area contributed by atoms with E-state index >= 15 is 0 Å². The first-order valence-electron chi connectivity index (χ1n) is 7.50.